The first-order chi connectivity index (χ1) is 13.4. The fourth-order valence-electron chi connectivity index (χ4n) is 3.23. The van der Waals surface area contributed by atoms with Crippen molar-refractivity contribution in [3.05, 3.63) is 56.5 Å². The van der Waals surface area contributed by atoms with E-state index < -0.39 is 0 Å². The van der Waals surface area contributed by atoms with Gasteiger partial charge in [0.1, 0.15) is 6.07 Å². The zero-order valence-corrected chi connectivity index (χ0v) is 19.0. The van der Waals surface area contributed by atoms with Crippen LogP contribution >= 0.6 is 31.9 Å². The average molecular weight is 506 g/mol. The third-order valence-electron chi connectivity index (χ3n) is 4.90. The van der Waals surface area contributed by atoms with Crippen LogP contribution in [0.15, 0.2) is 45.3 Å². The van der Waals surface area contributed by atoms with Crippen LogP contribution in [-0.2, 0) is 0 Å². The lowest BCUT2D eigenvalue weighted by atomic mass is 10.0. The fourth-order valence-corrected chi connectivity index (χ4v) is 4.65. The Morgan fingerprint density at radius 1 is 1.11 bits per heavy atom. The van der Waals surface area contributed by atoms with E-state index in [1.165, 1.54) is 5.56 Å². The Kier molecular flexibility index (Phi) is 6.63. The normalized spacial score (nSPS) is 14.1. The standard InChI is InChI=1S/C21H22Br2N4O/c1-14(2)16-11-17(22)20(18(23)12-16)25-21(28)27-9-7-26(8-10-27)19-6-4-3-5-15(19)13-24/h3-6,11-12,14H,7-10H2,1-2H3,(H,25,28). The van der Waals surface area contributed by atoms with Crippen molar-refractivity contribution in [2.24, 2.45) is 0 Å². The number of benzene rings is 2. The Bertz CT molecular complexity index is 892. The molecule has 0 spiro atoms. The molecule has 2 aromatic carbocycles. The Morgan fingerprint density at radius 3 is 2.29 bits per heavy atom. The second-order valence-electron chi connectivity index (χ2n) is 7.05. The van der Waals surface area contributed by atoms with E-state index in [1.54, 1.807) is 4.90 Å². The third-order valence-corrected chi connectivity index (χ3v) is 6.15. The molecule has 1 saturated heterocycles. The number of nitriles is 1. The van der Waals surface area contributed by atoms with Gasteiger partial charge in [0.2, 0.25) is 0 Å². The maximum Gasteiger partial charge on any atom is 0.322 e. The topological polar surface area (TPSA) is 59.4 Å². The number of nitrogens with zero attached hydrogens (tertiary/aromatic N) is 3. The van der Waals surface area contributed by atoms with E-state index in [0.717, 1.165) is 20.3 Å². The largest absolute Gasteiger partial charge is 0.367 e. The van der Waals surface area contributed by atoms with Gasteiger partial charge in [-0.15, -0.1) is 0 Å². The number of para-hydroxylation sites is 1. The lowest BCUT2D eigenvalue weighted by Gasteiger charge is -2.36. The van der Waals surface area contributed by atoms with E-state index in [1.807, 2.05) is 36.4 Å². The molecule has 2 aromatic rings. The summed E-state index contributed by atoms with van der Waals surface area (Å²) in [6.45, 7) is 6.87. The molecule has 7 heteroatoms. The van der Waals surface area contributed by atoms with Gasteiger partial charge < -0.3 is 15.1 Å². The lowest BCUT2D eigenvalue weighted by molar-refractivity contribution is 0.208. The van der Waals surface area contributed by atoms with E-state index in [4.69, 9.17) is 0 Å². The number of amides is 2. The van der Waals surface area contributed by atoms with Crippen molar-refractivity contribution in [1.82, 2.24) is 4.90 Å². The van der Waals surface area contributed by atoms with Gasteiger partial charge in [-0.2, -0.15) is 5.26 Å². The van der Waals surface area contributed by atoms with Crippen LogP contribution in [0.1, 0.15) is 30.9 Å². The van der Waals surface area contributed by atoms with Crippen molar-refractivity contribution in [2.45, 2.75) is 19.8 Å². The summed E-state index contributed by atoms with van der Waals surface area (Å²) in [6.07, 6.45) is 0. The summed E-state index contributed by atoms with van der Waals surface area (Å²) in [7, 11) is 0. The predicted octanol–water partition coefficient (Wildman–Crippen LogP) is 5.56. The van der Waals surface area contributed by atoms with Crippen LogP contribution in [0.3, 0.4) is 0 Å². The summed E-state index contributed by atoms with van der Waals surface area (Å²) in [5.41, 5.74) is 3.53. The minimum Gasteiger partial charge on any atom is -0.367 e. The molecule has 0 aliphatic carbocycles. The molecule has 0 unspecified atom stereocenters. The second kappa shape index (κ2) is 8.97. The highest BCUT2D eigenvalue weighted by atomic mass is 79.9. The number of rotatable bonds is 3. The Hall–Kier alpha value is -2.04. The molecule has 5 nitrogen and oxygen atoms in total. The molecule has 0 atom stereocenters. The van der Waals surface area contributed by atoms with Gasteiger partial charge in [0, 0.05) is 35.1 Å². The van der Waals surface area contributed by atoms with Gasteiger partial charge in [0.25, 0.3) is 0 Å². The van der Waals surface area contributed by atoms with Crippen LogP contribution in [0.2, 0.25) is 0 Å². The predicted molar refractivity (Wildman–Crippen MR) is 120 cm³/mol. The van der Waals surface area contributed by atoms with Crippen LogP contribution in [0.5, 0.6) is 0 Å². The SMILES string of the molecule is CC(C)c1cc(Br)c(NC(=O)N2CCN(c3ccccc3C#N)CC2)c(Br)c1. The number of carbonyl (C=O) groups excluding carboxylic acids is 1. The zero-order chi connectivity index (χ0) is 20.3. The molecule has 1 aliphatic heterocycles. The van der Waals surface area contributed by atoms with Crippen LogP contribution < -0.4 is 10.2 Å². The third kappa shape index (κ3) is 4.50. The molecular formula is C21H22Br2N4O. The van der Waals surface area contributed by atoms with Crippen LogP contribution in [0, 0.1) is 11.3 Å². The lowest BCUT2D eigenvalue weighted by Crippen LogP contribution is -2.50. The van der Waals surface area contributed by atoms with Gasteiger partial charge in [0.05, 0.1) is 16.9 Å². The van der Waals surface area contributed by atoms with E-state index in [2.05, 4.69) is 62.0 Å². The molecule has 146 valence electrons. The van der Waals surface area contributed by atoms with Crippen molar-refractivity contribution in [3.8, 4) is 6.07 Å². The summed E-state index contributed by atoms with van der Waals surface area (Å²) < 4.78 is 1.72. The van der Waals surface area contributed by atoms with Gasteiger partial charge in [0.15, 0.2) is 0 Å². The number of nitrogens with one attached hydrogen (secondary N) is 1. The Labute approximate surface area is 182 Å². The Morgan fingerprint density at radius 2 is 1.71 bits per heavy atom. The van der Waals surface area contributed by atoms with Crippen LogP contribution in [-0.4, -0.2) is 37.1 Å². The Balaban J connectivity index is 1.66. The minimum atomic E-state index is -0.119. The van der Waals surface area contributed by atoms with E-state index in [-0.39, 0.29) is 6.03 Å². The van der Waals surface area contributed by atoms with E-state index in [9.17, 15) is 10.1 Å². The summed E-state index contributed by atoms with van der Waals surface area (Å²) in [5, 5.41) is 12.3. The second-order valence-corrected chi connectivity index (χ2v) is 8.76. The maximum absolute atomic E-state index is 12.8. The molecule has 1 aliphatic rings. The molecule has 28 heavy (non-hydrogen) atoms. The number of carbonyl (C=O) groups is 1. The molecule has 3 rings (SSSR count). The highest BCUT2D eigenvalue weighted by molar-refractivity contribution is 9.11. The first-order valence-corrected chi connectivity index (χ1v) is 10.8. The number of urea groups is 1. The molecule has 1 heterocycles. The van der Waals surface area contributed by atoms with Crippen molar-refractivity contribution < 1.29 is 4.79 Å². The van der Waals surface area contributed by atoms with Gasteiger partial charge in [-0.25, -0.2) is 4.79 Å². The highest BCUT2D eigenvalue weighted by Gasteiger charge is 2.23. The number of hydrogen-bond acceptors (Lipinski definition) is 3. The summed E-state index contributed by atoms with van der Waals surface area (Å²) in [5.74, 6) is 0.404. The number of hydrogen-bond donors (Lipinski definition) is 1. The van der Waals surface area contributed by atoms with Crippen molar-refractivity contribution in [3.63, 3.8) is 0 Å². The zero-order valence-electron chi connectivity index (χ0n) is 15.9. The van der Waals surface area contributed by atoms with Gasteiger partial charge in [-0.05, 0) is 67.6 Å². The monoisotopic (exact) mass is 504 g/mol. The number of anilines is 2. The molecule has 0 radical (unpaired) electrons. The molecule has 0 bridgehead atoms. The summed E-state index contributed by atoms with van der Waals surface area (Å²) in [6, 6.07) is 13.8. The molecular weight excluding hydrogens is 484 g/mol. The smallest absolute Gasteiger partial charge is 0.322 e. The molecule has 0 aromatic heterocycles. The van der Waals surface area contributed by atoms with E-state index >= 15 is 0 Å². The molecule has 1 N–H and O–H groups in total. The summed E-state index contributed by atoms with van der Waals surface area (Å²) in [4.78, 5) is 16.7. The maximum atomic E-state index is 12.8. The highest BCUT2D eigenvalue weighted by Crippen LogP contribution is 2.35. The number of piperazine rings is 1. The molecule has 1 fully saturated rings. The minimum absolute atomic E-state index is 0.119. The number of halogens is 2. The van der Waals surface area contributed by atoms with Gasteiger partial charge in [-0.3, -0.25) is 0 Å². The van der Waals surface area contributed by atoms with Gasteiger partial charge >= 0.3 is 6.03 Å². The van der Waals surface area contributed by atoms with Crippen molar-refractivity contribution >= 4 is 49.3 Å². The van der Waals surface area contributed by atoms with Crippen LogP contribution in [0.4, 0.5) is 16.2 Å². The van der Waals surface area contributed by atoms with Crippen LogP contribution in [0.25, 0.3) is 0 Å². The summed E-state index contributed by atoms with van der Waals surface area (Å²) >= 11 is 7.15. The first-order valence-electron chi connectivity index (χ1n) is 9.19. The quantitative estimate of drug-likeness (QED) is 0.593. The fraction of sp³-hybridized carbons (Fsp3) is 0.333. The van der Waals surface area contributed by atoms with Crippen molar-refractivity contribution in [1.29, 1.82) is 5.26 Å². The van der Waals surface area contributed by atoms with E-state index in [0.29, 0.717) is 37.7 Å². The first kappa shape index (κ1) is 20.7. The van der Waals surface area contributed by atoms with Crippen molar-refractivity contribution in [2.75, 3.05) is 36.4 Å². The molecule has 0 saturated carbocycles. The average Bonchev–Trinajstić information content (AvgIpc) is 2.70. The molecule has 2 amide bonds. The van der Waals surface area contributed by atoms with Gasteiger partial charge in [-0.1, -0.05) is 26.0 Å².